The highest BCUT2D eigenvalue weighted by Gasteiger charge is 2.28. The first-order chi connectivity index (χ1) is 8.80. The van der Waals surface area contributed by atoms with Gasteiger partial charge in [0.2, 0.25) is 5.91 Å². The Kier molecular flexibility index (Phi) is 7.49. The van der Waals surface area contributed by atoms with Gasteiger partial charge in [0.15, 0.2) is 0 Å². The van der Waals surface area contributed by atoms with Crippen LogP contribution in [0.5, 0.6) is 0 Å². The van der Waals surface area contributed by atoms with Crippen molar-refractivity contribution in [2.75, 3.05) is 6.54 Å². The van der Waals surface area contributed by atoms with Crippen LogP contribution < -0.4 is 11.1 Å². The van der Waals surface area contributed by atoms with Crippen LogP contribution in [0.2, 0.25) is 5.02 Å². The fourth-order valence-electron chi connectivity index (χ4n) is 1.66. The highest BCUT2D eigenvalue weighted by molar-refractivity contribution is 6.31. The van der Waals surface area contributed by atoms with Gasteiger partial charge < -0.3 is 11.1 Å². The van der Waals surface area contributed by atoms with Gasteiger partial charge in [-0.3, -0.25) is 4.79 Å². The number of carbonyl (C=O) groups excluding carboxylic acids is 1. The number of nitrogens with two attached hydrogens (primary N) is 1. The molecule has 0 heterocycles. The van der Waals surface area contributed by atoms with Crippen molar-refractivity contribution in [2.24, 2.45) is 11.7 Å². The van der Waals surface area contributed by atoms with Crippen molar-refractivity contribution >= 4 is 29.9 Å². The zero-order chi connectivity index (χ0) is 14.6. The molecular formula is C14H21Cl2FN2O. The lowest BCUT2D eigenvalue weighted by molar-refractivity contribution is -0.122. The lowest BCUT2D eigenvalue weighted by atomic mass is 9.88. The van der Waals surface area contributed by atoms with Gasteiger partial charge in [0, 0.05) is 17.1 Å². The summed E-state index contributed by atoms with van der Waals surface area (Å²) in [5.41, 5.74) is 5.40. The molecule has 0 aliphatic carbocycles. The molecule has 0 aliphatic heterocycles. The molecule has 0 saturated carbocycles. The van der Waals surface area contributed by atoms with Gasteiger partial charge in [-0.05, 0) is 25.0 Å². The summed E-state index contributed by atoms with van der Waals surface area (Å²) in [6.07, 6.45) is -0.0895. The molecule has 0 aromatic heterocycles. The van der Waals surface area contributed by atoms with Crippen LogP contribution in [0.25, 0.3) is 0 Å². The SMILES string of the molecule is CC(C)C(C)(CN)NC(=O)Cc1c(F)cccc1Cl.Cl. The molecule has 1 aromatic rings. The van der Waals surface area contributed by atoms with Crippen LogP contribution in [0.4, 0.5) is 4.39 Å². The Morgan fingerprint density at radius 1 is 1.50 bits per heavy atom. The topological polar surface area (TPSA) is 55.1 Å². The van der Waals surface area contributed by atoms with Gasteiger partial charge in [-0.25, -0.2) is 4.39 Å². The smallest absolute Gasteiger partial charge is 0.225 e. The van der Waals surface area contributed by atoms with Crippen molar-refractivity contribution in [3.05, 3.63) is 34.6 Å². The monoisotopic (exact) mass is 322 g/mol. The standard InChI is InChI=1S/C14H20ClFN2O.ClH/c1-9(2)14(3,8-17)18-13(19)7-10-11(15)5-4-6-12(10)16;/h4-6,9H,7-8,17H2,1-3H3,(H,18,19);1H. The number of nitrogens with one attached hydrogen (secondary N) is 1. The first-order valence-electron chi connectivity index (χ1n) is 6.24. The number of amides is 1. The van der Waals surface area contributed by atoms with Gasteiger partial charge in [0.25, 0.3) is 0 Å². The number of hydrogen-bond donors (Lipinski definition) is 2. The summed E-state index contributed by atoms with van der Waals surface area (Å²) in [5.74, 6) is -0.576. The summed E-state index contributed by atoms with van der Waals surface area (Å²) < 4.78 is 13.6. The molecule has 0 spiro atoms. The lowest BCUT2D eigenvalue weighted by Crippen LogP contribution is -2.55. The zero-order valence-corrected chi connectivity index (χ0v) is 13.4. The van der Waals surface area contributed by atoms with Gasteiger partial charge in [0.05, 0.1) is 12.0 Å². The van der Waals surface area contributed by atoms with Crippen molar-refractivity contribution in [1.82, 2.24) is 5.32 Å². The zero-order valence-electron chi connectivity index (χ0n) is 11.9. The Balaban J connectivity index is 0.00000361. The first kappa shape index (κ1) is 19.2. The predicted octanol–water partition coefficient (Wildman–Crippen LogP) is 2.93. The van der Waals surface area contributed by atoms with Crippen molar-refractivity contribution < 1.29 is 9.18 Å². The average molecular weight is 323 g/mol. The van der Waals surface area contributed by atoms with Crippen molar-refractivity contribution in [1.29, 1.82) is 0 Å². The van der Waals surface area contributed by atoms with E-state index < -0.39 is 11.4 Å². The average Bonchev–Trinajstić information content (AvgIpc) is 2.33. The summed E-state index contributed by atoms with van der Waals surface area (Å²) in [6, 6.07) is 4.37. The van der Waals surface area contributed by atoms with E-state index in [1.807, 2.05) is 20.8 Å². The quantitative estimate of drug-likeness (QED) is 0.875. The van der Waals surface area contributed by atoms with Crippen LogP contribution in [0, 0.1) is 11.7 Å². The van der Waals surface area contributed by atoms with E-state index >= 15 is 0 Å². The number of benzene rings is 1. The Hall–Kier alpha value is -0.840. The summed E-state index contributed by atoms with van der Waals surface area (Å²) in [6.45, 7) is 6.15. The van der Waals surface area contributed by atoms with E-state index in [2.05, 4.69) is 5.32 Å². The predicted molar refractivity (Wildman–Crippen MR) is 82.8 cm³/mol. The van der Waals surface area contributed by atoms with Crippen LogP contribution in [0.1, 0.15) is 26.3 Å². The second-order valence-corrected chi connectivity index (χ2v) is 5.61. The molecule has 1 amide bonds. The van der Waals surface area contributed by atoms with Crippen LogP contribution in [-0.2, 0) is 11.2 Å². The minimum atomic E-state index is -0.505. The van der Waals surface area contributed by atoms with Crippen LogP contribution in [0.3, 0.4) is 0 Å². The molecule has 1 unspecified atom stereocenters. The third kappa shape index (κ3) is 4.62. The highest BCUT2D eigenvalue weighted by atomic mass is 35.5. The molecule has 1 rings (SSSR count). The number of halogens is 3. The second-order valence-electron chi connectivity index (χ2n) is 5.20. The molecule has 3 N–H and O–H groups in total. The molecule has 0 saturated heterocycles. The van der Waals surface area contributed by atoms with Gasteiger partial charge in [-0.2, -0.15) is 0 Å². The Morgan fingerprint density at radius 2 is 2.10 bits per heavy atom. The van der Waals surface area contributed by atoms with E-state index in [4.69, 9.17) is 17.3 Å². The fourth-order valence-corrected chi connectivity index (χ4v) is 1.89. The van der Waals surface area contributed by atoms with Crippen molar-refractivity contribution in [2.45, 2.75) is 32.7 Å². The molecule has 0 aliphatic rings. The normalized spacial score (nSPS) is 13.6. The molecule has 0 bridgehead atoms. The van der Waals surface area contributed by atoms with Gasteiger partial charge in [0.1, 0.15) is 5.82 Å². The first-order valence-corrected chi connectivity index (χ1v) is 6.62. The number of hydrogen-bond acceptors (Lipinski definition) is 2. The maximum absolute atomic E-state index is 13.6. The summed E-state index contributed by atoms with van der Waals surface area (Å²) in [4.78, 5) is 12.0. The van der Waals surface area contributed by atoms with E-state index in [1.165, 1.54) is 12.1 Å². The lowest BCUT2D eigenvalue weighted by Gasteiger charge is -2.33. The van der Waals surface area contributed by atoms with Crippen LogP contribution in [0.15, 0.2) is 18.2 Å². The van der Waals surface area contributed by atoms with E-state index in [9.17, 15) is 9.18 Å². The molecule has 114 valence electrons. The minimum absolute atomic E-state index is 0. The number of carbonyl (C=O) groups is 1. The molecule has 0 fully saturated rings. The third-order valence-electron chi connectivity index (χ3n) is 3.52. The van der Waals surface area contributed by atoms with Gasteiger partial charge in [-0.15, -0.1) is 12.4 Å². The summed E-state index contributed by atoms with van der Waals surface area (Å²) in [5, 5.41) is 3.11. The Bertz CT molecular complexity index is 448. The van der Waals surface area contributed by atoms with Crippen LogP contribution in [-0.4, -0.2) is 18.0 Å². The maximum Gasteiger partial charge on any atom is 0.225 e. The second kappa shape index (κ2) is 7.81. The molecule has 1 atom stereocenters. The Morgan fingerprint density at radius 3 is 2.55 bits per heavy atom. The summed E-state index contributed by atoms with van der Waals surface area (Å²) in [7, 11) is 0. The molecule has 6 heteroatoms. The third-order valence-corrected chi connectivity index (χ3v) is 3.88. The maximum atomic E-state index is 13.6. The molecule has 1 aromatic carbocycles. The number of rotatable bonds is 5. The van der Waals surface area contributed by atoms with E-state index in [0.29, 0.717) is 6.54 Å². The molecular weight excluding hydrogens is 302 g/mol. The molecule has 20 heavy (non-hydrogen) atoms. The fraction of sp³-hybridized carbons (Fsp3) is 0.500. The van der Waals surface area contributed by atoms with Crippen LogP contribution >= 0.6 is 24.0 Å². The van der Waals surface area contributed by atoms with E-state index in [1.54, 1.807) is 6.07 Å². The van der Waals surface area contributed by atoms with Crippen molar-refractivity contribution in [3.8, 4) is 0 Å². The Labute approximate surface area is 130 Å². The van der Waals surface area contributed by atoms with Gasteiger partial charge in [-0.1, -0.05) is 31.5 Å². The highest BCUT2D eigenvalue weighted by Crippen LogP contribution is 2.20. The van der Waals surface area contributed by atoms with E-state index in [-0.39, 0.29) is 41.2 Å². The molecule has 3 nitrogen and oxygen atoms in total. The summed E-state index contributed by atoms with van der Waals surface area (Å²) >= 11 is 5.90. The minimum Gasteiger partial charge on any atom is -0.349 e. The van der Waals surface area contributed by atoms with Gasteiger partial charge >= 0.3 is 0 Å². The largest absolute Gasteiger partial charge is 0.349 e. The molecule has 0 radical (unpaired) electrons. The van der Waals surface area contributed by atoms with Crippen molar-refractivity contribution in [3.63, 3.8) is 0 Å². The van der Waals surface area contributed by atoms with E-state index in [0.717, 1.165) is 0 Å².